The third kappa shape index (κ3) is 3.82. The Hall–Kier alpha value is -2.21. The SMILES string of the molecule is CCn1nc(C(=O)NCCCOCC2CC2)c2ccccc2c1=O. The summed E-state index contributed by atoms with van der Waals surface area (Å²) in [4.78, 5) is 24.7. The van der Waals surface area contributed by atoms with Crippen LogP contribution in [0.1, 0.15) is 36.7 Å². The molecule has 0 bridgehead atoms. The number of hydrogen-bond acceptors (Lipinski definition) is 4. The maximum absolute atomic E-state index is 12.5. The normalized spacial score (nSPS) is 14.0. The summed E-state index contributed by atoms with van der Waals surface area (Å²) in [6.07, 6.45) is 3.33. The molecule has 1 N–H and O–H groups in total. The molecule has 0 radical (unpaired) electrons. The highest BCUT2D eigenvalue weighted by Crippen LogP contribution is 2.28. The molecule has 0 aliphatic heterocycles. The highest BCUT2D eigenvalue weighted by atomic mass is 16.5. The Morgan fingerprint density at radius 1 is 1.33 bits per heavy atom. The number of benzene rings is 1. The summed E-state index contributed by atoms with van der Waals surface area (Å²) in [5.41, 5.74) is 0.129. The van der Waals surface area contributed by atoms with Crippen LogP contribution in [0.25, 0.3) is 10.8 Å². The molecule has 1 saturated carbocycles. The van der Waals surface area contributed by atoms with Gasteiger partial charge in [-0.15, -0.1) is 0 Å². The van der Waals surface area contributed by atoms with Crippen molar-refractivity contribution >= 4 is 16.7 Å². The number of carbonyl (C=O) groups excluding carboxylic acids is 1. The van der Waals surface area contributed by atoms with Crippen LogP contribution in [0.2, 0.25) is 0 Å². The molecular formula is C18H23N3O3. The minimum absolute atomic E-state index is 0.168. The second kappa shape index (κ2) is 7.57. The van der Waals surface area contributed by atoms with Crippen LogP contribution in [-0.4, -0.2) is 35.4 Å². The number of aromatic nitrogens is 2. The van der Waals surface area contributed by atoms with Gasteiger partial charge < -0.3 is 10.1 Å². The van der Waals surface area contributed by atoms with Crippen molar-refractivity contribution in [3.8, 4) is 0 Å². The predicted octanol–water partition coefficient (Wildman–Crippen LogP) is 1.96. The first kappa shape index (κ1) is 16.6. The summed E-state index contributed by atoms with van der Waals surface area (Å²) in [6, 6.07) is 7.09. The molecule has 1 aliphatic carbocycles. The van der Waals surface area contributed by atoms with Crippen LogP contribution in [0.15, 0.2) is 29.1 Å². The second-order valence-electron chi connectivity index (χ2n) is 6.14. The van der Waals surface area contributed by atoms with Gasteiger partial charge in [0.1, 0.15) is 0 Å². The van der Waals surface area contributed by atoms with E-state index in [1.807, 2.05) is 13.0 Å². The van der Waals surface area contributed by atoms with Gasteiger partial charge >= 0.3 is 0 Å². The van der Waals surface area contributed by atoms with E-state index in [1.165, 1.54) is 17.5 Å². The molecule has 1 fully saturated rings. The van der Waals surface area contributed by atoms with Gasteiger partial charge in [-0.1, -0.05) is 18.2 Å². The molecule has 3 rings (SSSR count). The highest BCUT2D eigenvalue weighted by Gasteiger charge is 2.21. The van der Waals surface area contributed by atoms with Crippen LogP contribution in [0.4, 0.5) is 0 Å². The molecule has 1 amide bonds. The van der Waals surface area contributed by atoms with Crippen molar-refractivity contribution < 1.29 is 9.53 Å². The first-order valence-corrected chi connectivity index (χ1v) is 8.56. The van der Waals surface area contributed by atoms with E-state index in [1.54, 1.807) is 18.2 Å². The molecule has 0 spiro atoms. The molecule has 1 aromatic heterocycles. The Morgan fingerprint density at radius 3 is 2.79 bits per heavy atom. The number of amides is 1. The number of aryl methyl sites for hydroxylation is 1. The first-order chi connectivity index (χ1) is 11.7. The number of carbonyl (C=O) groups is 1. The van der Waals surface area contributed by atoms with Crippen molar-refractivity contribution in [3.63, 3.8) is 0 Å². The van der Waals surface area contributed by atoms with Crippen molar-refractivity contribution in [2.75, 3.05) is 19.8 Å². The van der Waals surface area contributed by atoms with E-state index in [9.17, 15) is 9.59 Å². The maximum atomic E-state index is 12.5. The zero-order valence-corrected chi connectivity index (χ0v) is 14.0. The van der Waals surface area contributed by atoms with E-state index in [0.29, 0.717) is 36.2 Å². The molecule has 2 aromatic rings. The average molecular weight is 329 g/mol. The van der Waals surface area contributed by atoms with Gasteiger partial charge in [-0.25, -0.2) is 4.68 Å². The Labute approximate surface area is 140 Å². The molecule has 1 heterocycles. The van der Waals surface area contributed by atoms with E-state index in [4.69, 9.17) is 4.74 Å². The third-order valence-electron chi connectivity index (χ3n) is 4.18. The van der Waals surface area contributed by atoms with Crippen molar-refractivity contribution in [2.24, 2.45) is 5.92 Å². The molecule has 1 aliphatic rings. The lowest BCUT2D eigenvalue weighted by molar-refractivity contribution is 0.0932. The monoisotopic (exact) mass is 329 g/mol. The van der Waals surface area contributed by atoms with Crippen molar-refractivity contribution in [1.82, 2.24) is 15.1 Å². The summed E-state index contributed by atoms with van der Waals surface area (Å²) in [7, 11) is 0. The lowest BCUT2D eigenvalue weighted by atomic mass is 10.1. The molecule has 1 aromatic carbocycles. The van der Waals surface area contributed by atoms with E-state index in [2.05, 4.69) is 10.4 Å². The van der Waals surface area contributed by atoms with Crippen LogP contribution in [0.3, 0.4) is 0 Å². The van der Waals surface area contributed by atoms with Crippen LogP contribution in [0.5, 0.6) is 0 Å². The number of hydrogen-bond donors (Lipinski definition) is 1. The number of ether oxygens (including phenoxy) is 1. The Kier molecular flexibility index (Phi) is 5.25. The summed E-state index contributed by atoms with van der Waals surface area (Å²) in [5.74, 6) is 0.501. The lowest BCUT2D eigenvalue weighted by Gasteiger charge is -2.10. The number of rotatable bonds is 8. The van der Waals surface area contributed by atoms with Crippen molar-refractivity contribution in [3.05, 3.63) is 40.3 Å². The molecule has 24 heavy (non-hydrogen) atoms. The van der Waals surface area contributed by atoms with Gasteiger partial charge in [-0.2, -0.15) is 5.10 Å². The largest absolute Gasteiger partial charge is 0.381 e. The second-order valence-corrected chi connectivity index (χ2v) is 6.14. The molecule has 0 saturated heterocycles. The fourth-order valence-electron chi connectivity index (χ4n) is 2.61. The van der Waals surface area contributed by atoms with E-state index >= 15 is 0 Å². The standard InChI is InChI=1S/C18H23N3O3/c1-2-21-18(23)15-7-4-3-6-14(15)16(20-21)17(22)19-10-5-11-24-12-13-8-9-13/h3-4,6-7,13H,2,5,8-12H2,1H3,(H,19,22). The van der Waals surface area contributed by atoms with Gasteiger partial charge in [0.05, 0.1) is 5.39 Å². The first-order valence-electron chi connectivity index (χ1n) is 8.56. The Balaban J connectivity index is 1.65. The van der Waals surface area contributed by atoms with Crippen LogP contribution >= 0.6 is 0 Å². The number of fused-ring (bicyclic) bond motifs is 1. The molecule has 128 valence electrons. The summed E-state index contributed by atoms with van der Waals surface area (Å²) >= 11 is 0. The van der Waals surface area contributed by atoms with Gasteiger partial charge in [-0.3, -0.25) is 9.59 Å². The average Bonchev–Trinajstić information content (AvgIpc) is 3.42. The zero-order valence-electron chi connectivity index (χ0n) is 14.0. The van der Waals surface area contributed by atoms with Gasteiger partial charge in [0, 0.05) is 31.7 Å². The van der Waals surface area contributed by atoms with Gasteiger partial charge in [0.25, 0.3) is 11.5 Å². The van der Waals surface area contributed by atoms with Gasteiger partial charge in [-0.05, 0) is 38.2 Å². The highest BCUT2D eigenvalue weighted by molar-refractivity contribution is 6.04. The summed E-state index contributed by atoms with van der Waals surface area (Å²) < 4.78 is 6.88. The molecule has 6 heteroatoms. The lowest BCUT2D eigenvalue weighted by Crippen LogP contribution is -2.31. The predicted molar refractivity (Wildman–Crippen MR) is 92.2 cm³/mol. The zero-order chi connectivity index (χ0) is 16.9. The summed E-state index contributed by atoms with van der Waals surface area (Å²) in [6.45, 7) is 4.28. The maximum Gasteiger partial charge on any atom is 0.274 e. The molecule has 6 nitrogen and oxygen atoms in total. The van der Waals surface area contributed by atoms with Crippen LogP contribution in [-0.2, 0) is 11.3 Å². The van der Waals surface area contributed by atoms with Crippen LogP contribution < -0.4 is 10.9 Å². The number of nitrogens with one attached hydrogen (secondary N) is 1. The fraction of sp³-hybridized carbons (Fsp3) is 0.500. The van der Waals surface area contributed by atoms with E-state index < -0.39 is 0 Å². The quantitative estimate of drug-likeness (QED) is 0.752. The van der Waals surface area contributed by atoms with Gasteiger partial charge in [0.15, 0.2) is 5.69 Å². The Morgan fingerprint density at radius 2 is 2.08 bits per heavy atom. The molecule has 0 atom stereocenters. The summed E-state index contributed by atoms with van der Waals surface area (Å²) in [5, 5.41) is 8.21. The van der Waals surface area contributed by atoms with Gasteiger partial charge in [0.2, 0.25) is 0 Å². The van der Waals surface area contributed by atoms with Crippen LogP contribution in [0, 0.1) is 5.92 Å². The van der Waals surface area contributed by atoms with E-state index in [0.717, 1.165) is 18.9 Å². The minimum atomic E-state index is -0.254. The van der Waals surface area contributed by atoms with Crippen molar-refractivity contribution in [1.29, 1.82) is 0 Å². The smallest absolute Gasteiger partial charge is 0.274 e. The third-order valence-corrected chi connectivity index (χ3v) is 4.18. The van der Waals surface area contributed by atoms with Crippen molar-refractivity contribution in [2.45, 2.75) is 32.7 Å². The fourth-order valence-corrected chi connectivity index (χ4v) is 2.61. The van der Waals surface area contributed by atoms with E-state index in [-0.39, 0.29) is 11.5 Å². The molecular weight excluding hydrogens is 306 g/mol. The topological polar surface area (TPSA) is 73.2 Å². The molecule has 0 unspecified atom stereocenters. The number of nitrogens with zero attached hydrogens (tertiary/aromatic N) is 2. The Bertz CT molecular complexity index is 781. The minimum Gasteiger partial charge on any atom is -0.381 e.